The minimum atomic E-state index is -0.737. The molecule has 0 amide bonds. The van der Waals surface area contributed by atoms with Crippen LogP contribution in [0.5, 0.6) is 0 Å². The fourth-order valence-electron chi connectivity index (χ4n) is 8.44. The maximum Gasteiger partial charge on any atom is 0.194 e. The average Bonchev–Trinajstić information content (AvgIpc) is 3.78. The topological polar surface area (TPSA) is 61.8 Å². The number of para-hydroxylation sites is 3. The highest BCUT2D eigenvalue weighted by molar-refractivity contribution is 6.12. The lowest BCUT2D eigenvalue weighted by Crippen LogP contribution is -2.06. The minimum Gasteiger partial charge on any atom is -0.308 e. The quantitative estimate of drug-likeness (QED) is 0.165. The van der Waals surface area contributed by atoms with E-state index in [9.17, 15) is 10.5 Å². The van der Waals surface area contributed by atoms with Crippen molar-refractivity contribution in [3.8, 4) is 56.9 Å². The second-order valence-corrected chi connectivity index (χ2v) is 14.1. The van der Waals surface area contributed by atoms with Gasteiger partial charge in [0.05, 0.1) is 57.2 Å². The van der Waals surface area contributed by atoms with Gasteiger partial charge < -0.3 is 9.13 Å². The number of fused-ring (bicyclic) bond motifs is 6. The highest BCUT2D eigenvalue weighted by Gasteiger charge is 2.25. The van der Waals surface area contributed by atoms with Crippen molar-refractivity contribution in [2.45, 2.75) is 0 Å². The molecule has 10 rings (SSSR count). The second-order valence-electron chi connectivity index (χ2n) is 14.1. The van der Waals surface area contributed by atoms with E-state index in [1.165, 1.54) is 18.2 Å². The lowest BCUT2D eigenvalue weighted by Gasteiger charge is -2.19. The van der Waals surface area contributed by atoms with Crippen LogP contribution in [0.2, 0.25) is 0 Å². The monoisotopic (exact) mass is 747 g/mol. The molecule has 10 aromatic rings. The summed E-state index contributed by atoms with van der Waals surface area (Å²) in [5.41, 5.74) is 8.41. The highest BCUT2D eigenvalue weighted by atomic mass is 19.1. The number of hydrogen-bond acceptors (Lipinski definition) is 2. The average molecular weight is 748 g/mol. The van der Waals surface area contributed by atoms with E-state index in [0.29, 0.717) is 22.6 Å². The van der Waals surface area contributed by atoms with Crippen molar-refractivity contribution in [1.82, 2.24) is 9.13 Å². The van der Waals surface area contributed by atoms with Crippen LogP contribution in [0.3, 0.4) is 0 Å². The summed E-state index contributed by atoms with van der Waals surface area (Å²) in [6.07, 6.45) is 0. The van der Waals surface area contributed by atoms with Gasteiger partial charge in [0.1, 0.15) is 23.3 Å². The molecule has 0 aliphatic rings. The third kappa shape index (κ3) is 5.18. The predicted molar refractivity (Wildman–Crippen MR) is 227 cm³/mol. The summed E-state index contributed by atoms with van der Waals surface area (Å²) >= 11 is 0. The van der Waals surface area contributed by atoms with Crippen LogP contribution >= 0.6 is 0 Å². The first-order valence-corrected chi connectivity index (χ1v) is 18.5. The standard InChI is InChI=1S/C51H27F2N5/c1-56-44-18-7-4-13-36(44)32-22-24-40-38-15-6-9-20-46(38)58(48(40)26-32)50-28-34(51-42(52)16-10-17-43(51)53)27-49(41(50)30-55)57-45-19-8-5-14-37(45)39-23-21-31(25-47(39)57)35-12-3-2-11-33(35)29-54/h2-28H. The van der Waals surface area contributed by atoms with Crippen LogP contribution in [0, 0.1) is 40.9 Å². The lowest BCUT2D eigenvalue weighted by molar-refractivity contribution is 0.589. The van der Waals surface area contributed by atoms with E-state index < -0.39 is 11.6 Å². The summed E-state index contributed by atoms with van der Waals surface area (Å²) in [5, 5.41) is 25.0. The largest absolute Gasteiger partial charge is 0.308 e. The molecule has 0 N–H and O–H groups in total. The molecule has 0 spiro atoms. The summed E-state index contributed by atoms with van der Waals surface area (Å²) < 4.78 is 35.8. The molecule has 0 saturated heterocycles. The van der Waals surface area contributed by atoms with Gasteiger partial charge in [-0.05, 0) is 82.4 Å². The maximum atomic E-state index is 15.9. The molecule has 0 unspecified atom stereocenters. The predicted octanol–water partition coefficient (Wildman–Crippen LogP) is 13.5. The molecular formula is C51H27F2N5. The van der Waals surface area contributed by atoms with Gasteiger partial charge in [0.2, 0.25) is 0 Å². The van der Waals surface area contributed by atoms with E-state index in [-0.39, 0.29) is 16.7 Å². The minimum absolute atomic E-state index is 0.216. The third-order valence-corrected chi connectivity index (χ3v) is 11.0. The van der Waals surface area contributed by atoms with Gasteiger partial charge in [-0.1, -0.05) is 109 Å². The lowest BCUT2D eigenvalue weighted by atomic mass is 9.98. The third-order valence-electron chi connectivity index (χ3n) is 11.0. The van der Waals surface area contributed by atoms with Crippen LogP contribution in [0.1, 0.15) is 11.1 Å². The number of hydrogen-bond donors (Lipinski definition) is 0. The summed E-state index contributed by atoms with van der Waals surface area (Å²) in [4.78, 5) is 3.77. The number of nitrogens with zero attached hydrogens (tertiary/aromatic N) is 5. The molecular weight excluding hydrogens is 721 g/mol. The number of rotatable bonds is 5. The highest BCUT2D eigenvalue weighted by Crippen LogP contribution is 2.43. The van der Waals surface area contributed by atoms with Gasteiger partial charge in [-0.2, -0.15) is 10.5 Å². The molecule has 270 valence electrons. The Morgan fingerprint density at radius 1 is 0.466 bits per heavy atom. The van der Waals surface area contributed by atoms with Crippen LogP contribution < -0.4 is 0 Å². The Morgan fingerprint density at radius 3 is 1.53 bits per heavy atom. The molecule has 0 atom stereocenters. The van der Waals surface area contributed by atoms with E-state index in [1.54, 1.807) is 24.3 Å². The van der Waals surface area contributed by atoms with Crippen LogP contribution in [0.15, 0.2) is 164 Å². The summed E-state index contributed by atoms with van der Waals surface area (Å²) in [6.45, 7) is 7.85. The molecule has 0 saturated carbocycles. The van der Waals surface area contributed by atoms with Gasteiger partial charge in [-0.25, -0.2) is 13.6 Å². The van der Waals surface area contributed by atoms with Gasteiger partial charge >= 0.3 is 0 Å². The van der Waals surface area contributed by atoms with E-state index in [0.717, 1.165) is 65.9 Å². The first-order valence-electron chi connectivity index (χ1n) is 18.5. The molecule has 0 aliphatic heterocycles. The van der Waals surface area contributed by atoms with Crippen LogP contribution in [0.25, 0.3) is 93.2 Å². The van der Waals surface area contributed by atoms with Gasteiger partial charge in [0.15, 0.2) is 5.69 Å². The second kappa shape index (κ2) is 13.5. The van der Waals surface area contributed by atoms with Crippen molar-refractivity contribution >= 4 is 49.3 Å². The van der Waals surface area contributed by atoms with E-state index in [1.807, 2.05) is 130 Å². The summed E-state index contributed by atoms with van der Waals surface area (Å²) in [6, 6.07) is 54.6. The summed E-state index contributed by atoms with van der Waals surface area (Å²) in [5.74, 6) is -1.47. The molecule has 2 heterocycles. The Balaban J connectivity index is 1.36. The molecule has 5 nitrogen and oxygen atoms in total. The zero-order valence-electron chi connectivity index (χ0n) is 30.6. The first kappa shape index (κ1) is 34.2. The molecule has 0 fully saturated rings. The zero-order chi connectivity index (χ0) is 39.5. The van der Waals surface area contributed by atoms with Crippen molar-refractivity contribution in [2.75, 3.05) is 0 Å². The Bertz CT molecular complexity index is 3260. The Hall–Kier alpha value is -8.31. The Morgan fingerprint density at radius 2 is 0.966 bits per heavy atom. The zero-order valence-corrected chi connectivity index (χ0v) is 30.6. The van der Waals surface area contributed by atoms with Crippen LogP contribution in [0.4, 0.5) is 14.5 Å². The van der Waals surface area contributed by atoms with Gasteiger partial charge in [-0.3, -0.25) is 0 Å². The van der Waals surface area contributed by atoms with Crippen molar-refractivity contribution < 1.29 is 8.78 Å². The maximum absolute atomic E-state index is 15.9. The number of aromatic nitrogens is 2. The SMILES string of the molecule is [C-]#[N+]c1ccccc1-c1ccc2c3ccccc3n(-c3cc(-c4c(F)cccc4F)cc(-n4c5ccccc5c5ccc(-c6ccccc6C#N)cc54)c3C#N)c2c1. The van der Waals surface area contributed by atoms with E-state index >= 15 is 8.78 Å². The molecule has 2 aromatic heterocycles. The van der Waals surface area contributed by atoms with Crippen LogP contribution in [-0.2, 0) is 0 Å². The molecule has 8 aromatic carbocycles. The fourth-order valence-corrected chi connectivity index (χ4v) is 8.44. The van der Waals surface area contributed by atoms with Crippen molar-refractivity contribution in [3.63, 3.8) is 0 Å². The van der Waals surface area contributed by atoms with E-state index in [4.69, 9.17) is 6.57 Å². The molecule has 7 heteroatoms. The molecule has 58 heavy (non-hydrogen) atoms. The van der Waals surface area contributed by atoms with Crippen molar-refractivity contribution in [2.24, 2.45) is 0 Å². The number of benzene rings is 8. The van der Waals surface area contributed by atoms with E-state index in [2.05, 4.69) is 17.0 Å². The molecule has 0 radical (unpaired) electrons. The summed E-state index contributed by atoms with van der Waals surface area (Å²) in [7, 11) is 0. The smallest absolute Gasteiger partial charge is 0.194 e. The first-order chi connectivity index (χ1) is 28.5. The van der Waals surface area contributed by atoms with Gasteiger partial charge in [0, 0.05) is 21.5 Å². The van der Waals surface area contributed by atoms with Gasteiger partial charge in [0.25, 0.3) is 0 Å². The Labute approximate surface area is 331 Å². The van der Waals surface area contributed by atoms with Gasteiger partial charge in [-0.15, -0.1) is 0 Å². The van der Waals surface area contributed by atoms with Crippen molar-refractivity contribution in [1.29, 1.82) is 10.5 Å². The normalized spacial score (nSPS) is 11.2. The van der Waals surface area contributed by atoms with Crippen molar-refractivity contribution in [3.05, 3.63) is 198 Å². The number of halogens is 2. The fraction of sp³-hybridized carbons (Fsp3) is 0. The molecule has 0 aliphatic carbocycles. The number of nitriles is 2. The Kier molecular flexibility index (Phi) is 7.94. The molecule has 0 bridgehead atoms. The van der Waals surface area contributed by atoms with Crippen LogP contribution in [-0.4, -0.2) is 9.13 Å².